The molecule has 0 fully saturated rings. The normalized spacial score (nSPS) is 12.1. The lowest BCUT2D eigenvalue weighted by atomic mass is 10.1. The first kappa shape index (κ1) is 16.0. The van der Waals surface area contributed by atoms with E-state index < -0.39 is 5.91 Å². The van der Waals surface area contributed by atoms with Crippen LogP contribution in [-0.2, 0) is 6.54 Å². The van der Waals surface area contributed by atoms with Crippen LogP contribution in [0.15, 0.2) is 46.9 Å². The predicted octanol–water partition coefficient (Wildman–Crippen LogP) is 4.05. The molecule has 2 aromatic rings. The zero-order chi connectivity index (χ0) is 15.4. The first-order valence-corrected chi connectivity index (χ1v) is 7.71. The van der Waals surface area contributed by atoms with E-state index in [0.29, 0.717) is 17.1 Å². The van der Waals surface area contributed by atoms with Crippen molar-refractivity contribution in [3.63, 3.8) is 0 Å². The maximum Gasteiger partial charge on any atom is 0.248 e. The highest BCUT2D eigenvalue weighted by molar-refractivity contribution is 9.10. The third-order valence-electron chi connectivity index (χ3n) is 3.31. The summed E-state index contributed by atoms with van der Waals surface area (Å²) in [5.74, 6) is -0.473. The molecule has 0 aliphatic rings. The van der Waals surface area contributed by atoms with Crippen molar-refractivity contribution in [1.82, 2.24) is 5.32 Å². The maximum atomic E-state index is 11.1. The minimum Gasteiger partial charge on any atom is -0.366 e. The molecule has 0 heterocycles. The van der Waals surface area contributed by atoms with Crippen LogP contribution in [-0.4, -0.2) is 5.91 Å². The summed E-state index contributed by atoms with van der Waals surface area (Å²) in [5, 5.41) is 3.95. The molecule has 0 spiro atoms. The van der Waals surface area contributed by atoms with Gasteiger partial charge in [-0.1, -0.05) is 45.7 Å². The quantitative estimate of drug-likeness (QED) is 0.837. The molecule has 110 valence electrons. The number of nitrogens with two attached hydrogens (primary N) is 1. The van der Waals surface area contributed by atoms with Crippen molar-refractivity contribution in [2.24, 2.45) is 5.73 Å². The summed E-state index contributed by atoms with van der Waals surface area (Å²) in [6, 6.07) is 13.5. The van der Waals surface area contributed by atoms with Crippen molar-refractivity contribution in [3.8, 4) is 0 Å². The molecule has 1 unspecified atom stereocenters. The number of primary amides is 1. The molecule has 2 rings (SSSR count). The first-order chi connectivity index (χ1) is 9.97. The molecule has 0 aromatic heterocycles. The van der Waals surface area contributed by atoms with Crippen LogP contribution in [0.25, 0.3) is 0 Å². The van der Waals surface area contributed by atoms with E-state index >= 15 is 0 Å². The average molecular weight is 368 g/mol. The number of halogens is 2. The number of amides is 1. The van der Waals surface area contributed by atoms with E-state index in [1.807, 2.05) is 18.2 Å². The van der Waals surface area contributed by atoms with Crippen LogP contribution in [0.4, 0.5) is 0 Å². The third kappa shape index (κ3) is 4.30. The average Bonchev–Trinajstić information content (AvgIpc) is 2.46. The second-order valence-corrected chi connectivity index (χ2v) is 6.15. The van der Waals surface area contributed by atoms with E-state index in [1.54, 1.807) is 12.1 Å². The SMILES string of the molecule is CC(NCc1ccc(C(N)=O)cc1Cl)c1ccc(Br)cc1. The summed E-state index contributed by atoms with van der Waals surface area (Å²) in [6.07, 6.45) is 0. The number of rotatable bonds is 5. The number of nitrogens with one attached hydrogen (secondary N) is 1. The smallest absolute Gasteiger partial charge is 0.248 e. The highest BCUT2D eigenvalue weighted by atomic mass is 79.9. The molecule has 1 atom stereocenters. The molecular formula is C16H16BrClN2O. The van der Waals surface area contributed by atoms with Gasteiger partial charge in [0.2, 0.25) is 5.91 Å². The van der Waals surface area contributed by atoms with Crippen LogP contribution in [0.1, 0.15) is 34.5 Å². The molecule has 0 saturated heterocycles. The van der Waals surface area contributed by atoms with Crippen LogP contribution in [0.5, 0.6) is 0 Å². The molecule has 0 aliphatic heterocycles. The Kier molecular flexibility index (Phi) is 5.39. The van der Waals surface area contributed by atoms with Gasteiger partial charge in [-0.15, -0.1) is 0 Å². The fourth-order valence-corrected chi connectivity index (χ4v) is 2.49. The Balaban J connectivity index is 2.02. The predicted molar refractivity (Wildman–Crippen MR) is 89.4 cm³/mol. The lowest BCUT2D eigenvalue weighted by Gasteiger charge is -2.15. The van der Waals surface area contributed by atoms with Crippen molar-refractivity contribution in [2.45, 2.75) is 19.5 Å². The fourth-order valence-electron chi connectivity index (χ4n) is 1.98. The summed E-state index contributed by atoms with van der Waals surface area (Å²) in [4.78, 5) is 11.1. The lowest BCUT2D eigenvalue weighted by molar-refractivity contribution is 0.100. The summed E-state index contributed by atoms with van der Waals surface area (Å²) in [5.41, 5.74) is 7.78. The van der Waals surface area contributed by atoms with E-state index in [1.165, 1.54) is 5.56 Å². The molecule has 0 saturated carbocycles. The summed E-state index contributed by atoms with van der Waals surface area (Å²) < 4.78 is 1.06. The molecule has 0 aliphatic carbocycles. The number of carbonyl (C=O) groups excluding carboxylic acids is 1. The van der Waals surface area contributed by atoms with E-state index in [9.17, 15) is 4.79 Å². The lowest BCUT2D eigenvalue weighted by Crippen LogP contribution is -2.18. The van der Waals surface area contributed by atoms with Gasteiger partial charge in [-0.3, -0.25) is 4.79 Å². The molecule has 0 bridgehead atoms. The molecule has 1 amide bonds. The fraction of sp³-hybridized carbons (Fsp3) is 0.188. The summed E-state index contributed by atoms with van der Waals surface area (Å²) >= 11 is 9.59. The number of carbonyl (C=O) groups is 1. The Labute approximate surface area is 137 Å². The molecule has 21 heavy (non-hydrogen) atoms. The van der Waals surface area contributed by atoms with Crippen molar-refractivity contribution in [1.29, 1.82) is 0 Å². The van der Waals surface area contributed by atoms with Gasteiger partial charge < -0.3 is 11.1 Å². The van der Waals surface area contributed by atoms with Crippen molar-refractivity contribution >= 4 is 33.4 Å². The Morgan fingerprint density at radius 1 is 1.29 bits per heavy atom. The summed E-state index contributed by atoms with van der Waals surface area (Å²) in [7, 11) is 0. The first-order valence-electron chi connectivity index (χ1n) is 6.54. The van der Waals surface area contributed by atoms with Gasteiger partial charge in [-0.25, -0.2) is 0 Å². The van der Waals surface area contributed by atoms with Gasteiger partial charge in [0, 0.05) is 27.6 Å². The van der Waals surface area contributed by atoms with E-state index in [2.05, 4.69) is 40.3 Å². The van der Waals surface area contributed by atoms with Gasteiger partial charge in [-0.2, -0.15) is 0 Å². The highest BCUT2D eigenvalue weighted by Gasteiger charge is 2.08. The molecule has 2 aromatic carbocycles. The number of hydrogen-bond donors (Lipinski definition) is 2. The van der Waals surface area contributed by atoms with Gasteiger partial charge in [0.25, 0.3) is 0 Å². The van der Waals surface area contributed by atoms with Gasteiger partial charge in [-0.05, 0) is 42.3 Å². The van der Waals surface area contributed by atoms with Crippen LogP contribution < -0.4 is 11.1 Å². The van der Waals surface area contributed by atoms with E-state index in [0.717, 1.165) is 10.0 Å². The van der Waals surface area contributed by atoms with Crippen LogP contribution in [0.3, 0.4) is 0 Å². The minimum absolute atomic E-state index is 0.199. The molecular weight excluding hydrogens is 352 g/mol. The van der Waals surface area contributed by atoms with Crippen LogP contribution in [0.2, 0.25) is 5.02 Å². The Hall–Kier alpha value is -1.36. The highest BCUT2D eigenvalue weighted by Crippen LogP contribution is 2.20. The monoisotopic (exact) mass is 366 g/mol. The molecule has 3 nitrogen and oxygen atoms in total. The third-order valence-corrected chi connectivity index (χ3v) is 4.19. The van der Waals surface area contributed by atoms with Crippen LogP contribution in [0, 0.1) is 0 Å². The Bertz CT molecular complexity index is 643. The molecule has 0 radical (unpaired) electrons. The van der Waals surface area contributed by atoms with E-state index in [-0.39, 0.29) is 6.04 Å². The van der Waals surface area contributed by atoms with Crippen molar-refractivity contribution in [2.75, 3.05) is 0 Å². The zero-order valence-corrected chi connectivity index (χ0v) is 13.9. The largest absolute Gasteiger partial charge is 0.366 e. The Morgan fingerprint density at radius 3 is 2.52 bits per heavy atom. The van der Waals surface area contributed by atoms with Crippen molar-refractivity contribution in [3.05, 3.63) is 68.7 Å². The van der Waals surface area contributed by atoms with Crippen LogP contribution >= 0.6 is 27.5 Å². The number of benzene rings is 2. The van der Waals surface area contributed by atoms with Gasteiger partial charge >= 0.3 is 0 Å². The second-order valence-electron chi connectivity index (χ2n) is 4.82. The second kappa shape index (κ2) is 7.07. The Morgan fingerprint density at radius 2 is 1.95 bits per heavy atom. The van der Waals surface area contributed by atoms with Gasteiger partial charge in [0.15, 0.2) is 0 Å². The molecule has 5 heteroatoms. The van der Waals surface area contributed by atoms with Crippen molar-refractivity contribution < 1.29 is 4.79 Å². The number of hydrogen-bond acceptors (Lipinski definition) is 2. The van der Waals surface area contributed by atoms with Gasteiger partial charge in [0.1, 0.15) is 0 Å². The zero-order valence-electron chi connectivity index (χ0n) is 11.6. The summed E-state index contributed by atoms with van der Waals surface area (Å²) in [6.45, 7) is 2.71. The maximum absolute atomic E-state index is 11.1. The van der Waals surface area contributed by atoms with Gasteiger partial charge in [0.05, 0.1) is 0 Å². The van der Waals surface area contributed by atoms with E-state index in [4.69, 9.17) is 17.3 Å². The topological polar surface area (TPSA) is 55.1 Å². The minimum atomic E-state index is -0.473. The molecule has 3 N–H and O–H groups in total. The standard InChI is InChI=1S/C16H16BrClN2O/c1-10(11-4-6-14(17)7-5-11)20-9-13-3-2-12(16(19)21)8-15(13)18/h2-8,10,20H,9H2,1H3,(H2,19,21).